The van der Waals surface area contributed by atoms with Crippen LogP contribution >= 0.6 is 46.4 Å². The summed E-state index contributed by atoms with van der Waals surface area (Å²) in [6.45, 7) is 2.94. The summed E-state index contributed by atoms with van der Waals surface area (Å²) < 4.78 is 90.3. The number of esters is 1. The number of carbonyl (C=O) groups is 3. The Morgan fingerprint density at radius 1 is 0.885 bits per heavy atom. The molecule has 0 saturated heterocycles. The Bertz CT molecular complexity index is 2000. The monoisotopic (exact) mass is 814 g/mol. The molecule has 0 radical (unpaired) electrons. The molecule has 2 aromatic carbocycles. The van der Waals surface area contributed by atoms with Crippen molar-refractivity contribution in [3.05, 3.63) is 115 Å². The molecule has 1 N–H and O–H groups in total. The number of aryl methyl sites for hydroxylation is 2. The average molecular weight is 816 g/mol. The van der Waals surface area contributed by atoms with Crippen LogP contribution in [0.5, 0.6) is 0 Å². The van der Waals surface area contributed by atoms with Gasteiger partial charge in [-0.15, -0.1) is 0 Å². The number of aromatic nitrogens is 4. The molecule has 0 saturated carbocycles. The van der Waals surface area contributed by atoms with E-state index in [0.29, 0.717) is 6.29 Å². The van der Waals surface area contributed by atoms with E-state index in [1.165, 1.54) is 55.2 Å². The lowest BCUT2D eigenvalue weighted by Gasteiger charge is -2.32. The van der Waals surface area contributed by atoms with E-state index in [4.69, 9.17) is 56.2 Å². The minimum absolute atomic E-state index is 0.0409. The Morgan fingerprint density at radius 3 is 1.83 bits per heavy atom. The van der Waals surface area contributed by atoms with Gasteiger partial charge in [0, 0.05) is 57.8 Å². The number of carboxylic acids is 1. The quantitative estimate of drug-likeness (QED) is 0.116. The van der Waals surface area contributed by atoms with E-state index in [0.717, 1.165) is 23.1 Å². The van der Waals surface area contributed by atoms with Gasteiger partial charge in [-0.2, -0.15) is 36.5 Å². The lowest BCUT2D eigenvalue weighted by molar-refractivity contribution is -0.260. The maximum Gasteiger partial charge on any atom is 0.432 e. The number of ether oxygens (including phenoxy) is 2. The van der Waals surface area contributed by atoms with Gasteiger partial charge in [-0.05, 0) is 48.0 Å². The first kappa shape index (κ1) is 41.9. The Balaban J connectivity index is 0.000000236. The Labute approximate surface area is 310 Å². The van der Waals surface area contributed by atoms with Gasteiger partial charge in [0.1, 0.15) is 17.1 Å². The zero-order valence-electron chi connectivity index (χ0n) is 26.7. The van der Waals surface area contributed by atoms with Crippen LogP contribution in [0.15, 0.2) is 61.4 Å². The van der Waals surface area contributed by atoms with Crippen molar-refractivity contribution in [3.63, 3.8) is 0 Å². The van der Waals surface area contributed by atoms with Crippen LogP contribution in [0.2, 0.25) is 20.1 Å². The predicted octanol–water partition coefficient (Wildman–Crippen LogP) is 9.23. The standard InChI is InChI=1S/C16H11Cl2F3N2O3.C9H5Cl2F3.C7H8N2O3/c1-23-13(14(24)25)5-12(22-23)8-6-15(26-7-8,16(19,20)21)9-2-10(17)4-11(18)3-9;1-5(9(12,13)14)6-2-7(10)4-8(11)3-6;1-9-6(7(11)12-2)3-5(4-10)8-9/h2-5,7H,6H2,1H3,(H,24,25);2-4H,1H2;3-4H,1-2H3. The first-order valence-electron chi connectivity index (χ1n) is 14.0. The smallest absolute Gasteiger partial charge is 0.432 e. The van der Waals surface area contributed by atoms with E-state index in [9.17, 15) is 40.7 Å². The molecular weight excluding hydrogens is 792 g/mol. The van der Waals surface area contributed by atoms with Gasteiger partial charge < -0.3 is 14.6 Å². The number of carbonyl (C=O) groups excluding carboxylic acids is 2. The van der Waals surface area contributed by atoms with Gasteiger partial charge in [-0.1, -0.05) is 53.0 Å². The molecule has 1 atom stereocenters. The summed E-state index contributed by atoms with van der Waals surface area (Å²) in [7, 11) is 4.23. The van der Waals surface area contributed by atoms with E-state index >= 15 is 0 Å². The summed E-state index contributed by atoms with van der Waals surface area (Å²) in [5.74, 6) is -1.74. The third-order valence-corrected chi connectivity index (χ3v) is 7.90. The number of benzene rings is 2. The molecule has 0 bridgehead atoms. The second-order valence-electron chi connectivity index (χ2n) is 10.6. The van der Waals surface area contributed by atoms with Crippen molar-refractivity contribution in [1.29, 1.82) is 0 Å². The number of allylic oxidation sites excluding steroid dienone is 1. The second-order valence-corrected chi connectivity index (χ2v) is 12.3. The number of nitrogens with zero attached hydrogens (tertiary/aromatic N) is 4. The van der Waals surface area contributed by atoms with Gasteiger partial charge in [0.2, 0.25) is 5.60 Å². The first-order chi connectivity index (χ1) is 24.0. The van der Waals surface area contributed by atoms with Crippen molar-refractivity contribution >= 4 is 75.8 Å². The number of halogens is 10. The number of hydrogen-bond donors (Lipinski definition) is 1. The second kappa shape index (κ2) is 16.4. The van der Waals surface area contributed by atoms with E-state index < -0.39 is 41.9 Å². The van der Waals surface area contributed by atoms with Crippen molar-refractivity contribution in [2.75, 3.05) is 7.11 Å². The number of aldehydes is 1. The highest BCUT2D eigenvalue weighted by Crippen LogP contribution is 2.52. The van der Waals surface area contributed by atoms with Gasteiger partial charge in [-0.3, -0.25) is 14.2 Å². The van der Waals surface area contributed by atoms with Gasteiger partial charge in [0.15, 0.2) is 6.29 Å². The molecule has 1 aliphatic rings. The van der Waals surface area contributed by atoms with Crippen molar-refractivity contribution < 1.29 is 55.3 Å². The lowest BCUT2D eigenvalue weighted by Crippen LogP contribution is -2.42. The van der Waals surface area contributed by atoms with Crippen molar-refractivity contribution in [2.24, 2.45) is 14.1 Å². The molecule has 1 unspecified atom stereocenters. The molecule has 4 aromatic rings. The molecule has 2 aromatic heterocycles. The van der Waals surface area contributed by atoms with Crippen LogP contribution < -0.4 is 0 Å². The van der Waals surface area contributed by atoms with Crippen LogP contribution in [-0.2, 0) is 29.2 Å². The molecule has 52 heavy (non-hydrogen) atoms. The molecule has 3 heterocycles. The van der Waals surface area contributed by atoms with Crippen molar-refractivity contribution in [3.8, 4) is 0 Å². The predicted molar refractivity (Wildman–Crippen MR) is 180 cm³/mol. The van der Waals surface area contributed by atoms with E-state index in [-0.39, 0.29) is 59.6 Å². The highest BCUT2D eigenvalue weighted by atomic mass is 35.5. The molecule has 0 amide bonds. The number of alkyl halides is 6. The SMILES string of the molecule is C=C(c1cc(Cl)cc(Cl)c1)C(F)(F)F.COC(=O)c1cc(C=O)nn1C.Cn1nc(C2=COC(c3cc(Cl)cc(Cl)c3)(C(F)(F)F)C2)cc1C(=O)O. The maximum atomic E-state index is 13.9. The van der Waals surface area contributed by atoms with Crippen LogP contribution in [0.1, 0.15) is 54.7 Å². The number of rotatable bonds is 6. The lowest BCUT2D eigenvalue weighted by atomic mass is 9.87. The zero-order valence-corrected chi connectivity index (χ0v) is 29.8. The summed E-state index contributed by atoms with van der Waals surface area (Å²) in [6.07, 6.45) is -8.32. The van der Waals surface area contributed by atoms with Crippen LogP contribution in [0.4, 0.5) is 26.3 Å². The number of methoxy groups -OCH3 is 1. The number of hydrogen-bond acceptors (Lipinski definition) is 7. The topological polar surface area (TPSA) is 126 Å². The van der Waals surface area contributed by atoms with Gasteiger partial charge in [-0.25, -0.2) is 9.59 Å². The molecule has 5 rings (SSSR count). The minimum Gasteiger partial charge on any atom is -0.480 e. The molecule has 278 valence electrons. The zero-order chi connectivity index (χ0) is 39.3. The van der Waals surface area contributed by atoms with Crippen molar-refractivity contribution in [1.82, 2.24) is 19.6 Å². The number of carboxylic acid groups (broad SMARTS) is 1. The van der Waals surface area contributed by atoms with E-state index in [1.807, 2.05) is 0 Å². The Kier molecular flexibility index (Phi) is 13.3. The fourth-order valence-electron chi connectivity index (χ4n) is 4.52. The Hall–Kier alpha value is -4.51. The largest absolute Gasteiger partial charge is 0.480 e. The molecule has 10 nitrogen and oxygen atoms in total. The van der Waals surface area contributed by atoms with Gasteiger partial charge in [0.25, 0.3) is 0 Å². The molecular formula is C32H24Cl4F6N4O6. The summed E-state index contributed by atoms with van der Waals surface area (Å²) in [5, 5.41) is 17.2. The molecule has 1 aliphatic heterocycles. The molecule has 0 fully saturated rings. The first-order valence-corrected chi connectivity index (χ1v) is 15.5. The minimum atomic E-state index is -4.77. The number of aromatic carboxylic acids is 1. The van der Waals surface area contributed by atoms with E-state index in [2.05, 4.69) is 21.5 Å². The van der Waals surface area contributed by atoms with Crippen molar-refractivity contribution in [2.45, 2.75) is 24.4 Å². The molecule has 20 heteroatoms. The summed E-state index contributed by atoms with van der Waals surface area (Å²) in [5.41, 5.74) is -3.47. The third-order valence-electron chi connectivity index (χ3n) is 7.02. The molecule has 0 spiro atoms. The van der Waals surface area contributed by atoms with E-state index in [1.54, 1.807) is 7.05 Å². The summed E-state index contributed by atoms with van der Waals surface area (Å²) >= 11 is 22.8. The van der Waals surface area contributed by atoms with Crippen LogP contribution in [0.25, 0.3) is 11.1 Å². The summed E-state index contributed by atoms with van der Waals surface area (Å²) in [6, 6.07) is 9.85. The molecule has 0 aliphatic carbocycles. The third kappa shape index (κ3) is 9.87. The fraction of sp³-hybridized carbons (Fsp3) is 0.219. The average Bonchev–Trinajstić information content (AvgIpc) is 3.76. The Morgan fingerprint density at radius 2 is 1.40 bits per heavy atom. The highest BCUT2D eigenvalue weighted by Gasteiger charge is 2.61. The van der Waals surface area contributed by atoms with Crippen LogP contribution in [0.3, 0.4) is 0 Å². The van der Waals surface area contributed by atoms with Gasteiger partial charge in [0.05, 0.1) is 24.6 Å². The van der Waals surface area contributed by atoms with Gasteiger partial charge >= 0.3 is 24.3 Å². The van der Waals surface area contributed by atoms with Crippen LogP contribution in [0, 0.1) is 0 Å². The fourth-order valence-corrected chi connectivity index (χ4v) is 5.57. The normalized spacial score (nSPS) is 15.3. The van der Waals surface area contributed by atoms with Crippen LogP contribution in [-0.4, -0.2) is 62.4 Å². The summed E-state index contributed by atoms with van der Waals surface area (Å²) in [4.78, 5) is 32.3. The highest BCUT2D eigenvalue weighted by molar-refractivity contribution is 6.35. The maximum absolute atomic E-state index is 13.9.